The molecule has 0 aliphatic carbocycles. The largest absolute Gasteiger partial charge is 0.309 e. The highest BCUT2D eigenvalue weighted by atomic mass is 15.0. The first-order valence-electron chi connectivity index (χ1n) is 27.1. The number of benzene rings is 9. The molecule has 0 amide bonds. The molecule has 13 aromatic rings. The van der Waals surface area contributed by atoms with E-state index in [1.165, 1.54) is 10.6 Å². The lowest BCUT2D eigenvalue weighted by atomic mass is 10.1. The fraction of sp³-hybridized carbons (Fsp3) is 0. The van der Waals surface area contributed by atoms with E-state index in [0.717, 1.165) is 37.6 Å². The molecule has 6 nitrogen and oxygen atoms in total. The minimum atomic E-state index is -0.666. The van der Waals surface area contributed by atoms with Crippen LogP contribution < -0.4 is 0 Å². The molecule has 0 fully saturated rings. The van der Waals surface area contributed by atoms with E-state index in [0.29, 0.717) is 28.5 Å². The molecule has 9 aromatic carbocycles. The molecule has 4 heterocycles. The molecule has 0 saturated carbocycles. The Morgan fingerprint density at radius 1 is 0.302 bits per heavy atom. The van der Waals surface area contributed by atoms with Gasteiger partial charge >= 0.3 is 0 Å². The summed E-state index contributed by atoms with van der Waals surface area (Å²) in [7, 11) is 0. The molecule has 13 rings (SSSR count). The minimum Gasteiger partial charge on any atom is -0.309 e. The van der Waals surface area contributed by atoms with Gasteiger partial charge in [-0.15, -0.1) is 0 Å². The van der Waals surface area contributed by atoms with Gasteiger partial charge in [0.15, 0.2) is 17.5 Å². The average Bonchev–Trinajstić information content (AvgIpc) is 4.28. The van der Waals surface area contributed by atoms with Crippen LogP contribution in [-0.4, -0.2) is 28.7 Å². The molecule has 0 radical (unpaired) electrons. The third-order valence-corrected chi connectivity index (χ3v) is 11.4. The Bertz CT molecular complexity index is 4630. The standard InChI is InChI=1S/C57H36N6/c1-2-16-37(17-3-1)55-58-56(38-18-14-20-40(34-38)61-49-27-9-4-22-43(49)44-23-5-10-28-50(44)61)60-57(59-55)39-19-15-21-41(35-39)62-53-31-13-8-26-47(53)48-36-42(32-33-54(48)62)63-51-29-11-6-24-45(51)46-25-7-12-30-52(46)63/h1-36H/i6D,7D,8D,11D,12D,13D,24D,25D,26D,29D,30D,31D,33D,36D. The van der Waals surface area contributed by atoms with Crippen molar-refractivity contribution in [2.75, 3.05) is 0 Å². The number of fused-ring (bicyclic) bond motifs is 9. The van der Waals surface area contributed by atoms with Crippen LogP contribution >= 0.6 is 0 Å². The first kappa shape index (κ1) is 24.0. The van der Waals surface area contributed by atoms with Crippen molar-refractivity contribution >= 4 is 65.4 Å². The van der Waals surface area contributed by atoms with Crippen molar-refractivity contribution in [1.29, 1.82) is 0 Å². The summed E-state index contributed by atoms with van der Waals surface area (Å²) in [5.41, 5.74) is 4.30. The van der Waals surface area contributed by atoms with Crippen LogP contribution in [0.1, 0.15) is 19.2 Å². The lowest BCUT2D eigenvalue weighted by Crippen LogP contribution is -2.02. The molecule has 0 spiro atoms. The highest BCUT2D eigenvalue weighted by molar-refractivity contribution is 6.12. The van der Waals surface area contributed by atoms with Crippen LogP contribution in [0.25, 0.3) is 117 Å². The highest BCUT2D eigenvalue weighted by Gasteiger charge is 2.19. The smallest absolute Gasteiger partial charge is 0.164 e. The second kappa shape index (κ2) is 14.0. The van der Waals surface area contributed by atoms with Crippen LogP contribution in [0.2, 0.25) is 0 Å². The van der Waals surface area contributed by atoms with E-state index in [9.17, 15) is 5.48 Å². The SMILES string of the molecule is [2H]c1c([2H])c([2H])c2c(c1[2H])c1c([2H])c(-n3c4c([2H])c([2H])c([2H])c([2H])c4c4c([2H])c([2H])c([2H])c([2H])c43)cc([2H])c1n2-c1cccc(-c2nc(-c3ccccc3)nc(-c3cccc(-n4c5ccccc5c5ccccc54)c3)n2)c1. The second-order valence-corrected chi connectivity index (χ2v) is 15.0. The van der Waals surface area contributed by atoms with Gasteiger partial charge in [-0.3, -0.25) is 0 Å². The molecule has 0 bridgehead atoms. The Labute approximate surface area is 381 Å². The van der Waals surface area contributed by atoms with E-state index in [2.05, 4.69) is 28.8 Å². The van der Waals surface area contributed by atoms with E-state index in [1.54, 1.807) is 24.3 Å². The third-order valence-electron chi connectivity index (χ3n) is 11.4. The number of para-hydroxylation sites is 5. The number of hydrogen-bond acceptors (Lipinski definition) is 3. The topological polar surface area (TPSA) is 53.5 Å². The van der Waals surface area contributed by atoms with Crippen LogP contribution in [0, 0.1) is 0 Å². The summed E-state index contributed by atoms with van der Waals surface area (Å²) < 4.78 is 131. The lowest BCUT2D eigenvalue weighted by Gasteiger charge is -2.13. The fourth-order valence-electron chi connectivity index (χ4n) is 8.72. The fourth-order valence-corrected chi connectivity index (χ4v) is 8.72. The van der Waals surface area contributed by atoms with Crippen LogP contribution in [0.3, 0.4) is 0 Å². The normalized spacial score (nSPS) is 14.9. The van der Waals surface area contributed by atoms with Gasteiger partial charge in [-0.05, 0) is 72.7 Å². The van der Waals surface area contributed by atoms with Gasteiger partial charge in [-0.1, -0.05) is 145 Å². The molecule has 0 aliphatic heterocycles. The van der Waals surface area contributed by atoms with Gasteiger partial charge in [0.2, 0.25) is 0 Å². The van der Waals surface area contributed by atoms with E-state index in [-0.39, 0.29) is 61.2 Å². The molecule has 6 heteroatoms. The first-order chi connectivity index (χ1) is 37.1. The summed E-state index contributed by atoms with van der Waals surface area (Å²) in [6.45, 7) is 0. The summed E-state index contributed by atoms with van der Waals surface area (Å²) in [5.74, 6) is 1.01. The van der Waals surface area contributed by atoms with Crippen LogP contribution in [0.15, 0.2) is 218 Å². The van der Waals surface area contributed by atoms with Gasteiger partial charge in [-0.2, -0.15) is 0 Å². The van der Waals surface area contributed by atoms with Crippen molar-refractivity contribution in [2.45, 2.75) is 0 Å². The van der Waals surface area contributed by atoms with Crippen molar-refractivity contribution in [3.8, 4) is 51.2 Å². The molecular weight excluding hydrogens is 769 g/mol. The van der Waals surface area contributed by atoms with Gasteiger partial charge in [0.1, 0.15) is 0 Å². The molecule has 0 saturated heterocycles. The van der Waals surface area contributed by atoms with Crippen molar-refractivity contribution in [2.24, 2.45) is 0 Å². The molecule has 0 N–H and O–H groups in total. The number of aromatic nitrogens is 6. The molecular formula is C57H36N6. The zero-order chi connectivity index (χ0) is 53.6. The number of nitrogens with zero attached hydrogens (tertiary/aromatic N) is 6. The summed E-state index contributed by atoms with van der Waals surface area (Å²) in [6.07, 6.45) is 0. The minimum absolute atomic E-state index is 0.00865. The summed E-state index contributed by atoms with van der Waals surface area (Å²) in [5, 5.41) is 1.53. The molecule has 294 valence electrons. The van der Waals surface area contributed by atoms with E-state index in [1.807, 2.05) is 78.9 Å². The number of rotatable bonds is 6. The van der Waals surface area contributed by atoms with Crippen LogP contribution in [-0.2, 0) is 0 Å². The number of hydrogen-bond donors (Lipinski definition) is 0. The summed E-state index contributed by atoms with van der Waals surface area (Å²) in [4.78, 5) is 15.1. The first-order valence-corrected chi connectivity index (χ1v) is 20.1. The lowest BCUT2D eigenvalue weighted by molar-refractivity contribution is 1.07. The molecule has 0 unspecified atom stereocenters. The maximum atomic E-state index is 10.00. The van der Waals surface area contributed by atoms with Gasteiger partial charge in [0.05, 0.1) is 52.3 Å². The zero-order valence-corrected chi connectivity index (χ0v) is 32.9. The Morgan fingerprint density at radius 3 is 1.27 bits per heavy atom. The van der Waals surface area contributed by atoms with Gasteiger partial charge in [-0.25, -0.2) is 15.0 Å². The van der Waals surface area contributed by atoms with Crippen molar-refractivity contribution in [1.82, 2.24) is 28.7 Å². The Hall–Kier alpha value is -8.61. The maximum Gasteiger partial charge on any atom is 0.164 e. The van der Waals surface area contributed by atoms with Gasteiger partial charge < -0.3 is 13.7 Å². The van der Waals surface area contributed by atoms with Crippen LogP contribution in [0.4, 0.5) is 0 Å². The predicted octanol–water partition coefficient (Wildman–Crippen LogP) is 14.2. The monoisotopic (exact) mass is 818 g/mol. The van der Waals surface area contributed by atoms with Crippen molar-refractivity contribution in [3.05, 3.63) is 218 Å². The molecule has 63 heavy (non-hydrogen) atoms. The van der Waals surface area contributed by atoms with Crippen LogP contribution in [0.5, 0.6) is 0 Å². The maximum absolute atomic E-state index is 10.00. The molecule has 0 atom stereocenters. The summed E-state index contributed by atoms with van der Waals surface area (Å²) >= 11 is 0. The Morgan fingerprint density at radius 2 is 0.714 bits per heavy atom. The van der Waals surface area contributed by atoms with E-state index < -0.39 is 78.6 Å². The van der Waals surface area contributed by atoms with Gasteiger partial charge in [0, 0.05) is 66.1 Å². The average molecular weight is 819 g/mol. The zero-order valence-electron chi connectivity index (χ0n) is 46.9. The van der Waals surface area contributed by atoms with Crippen molar-refractivity contribution < 1.29 is 19.2 Å². The third kappa shape index (κ3) is 5.55. The quantitative estimate of drug-likeness (QED) is 0.168. The Balaban J connectivity index is 1.05. The van der Waals surface area contributed by atoms with Gasteiger partial charge in [0.25, 0.3) is 0 Å². The molecule has 0 aliphatic rings. The van der Waals surface area contributed by atoms with Crippen molar-refractivity contribution in [3.63, 3.8) is 0 Å². The Kier molecular flexibility index (Phi) is 5.32. The molecule has 4 aromatic heterocycles. The summed E-state index contributed by atoms with van der Waals surface area (Å²) in [6, 6.07) is 34.1. The van der Waals surface area contributed by atoms with E-state index in [4.69, 9.17) is 28.7 Å². The predicted molar refractivity (Wildman–Crippen MR) is 259 cm³/mol. The van der Waals surface area contributed by atoms with E-state index >= 15 is 0 Å². The highest BCUT2D eigenvalue weighted by Crippen LogP contribution is 2.38. The second-order valence-electron chi connectivity index (χ2n) is 15.0.